The number of hydrogen-bond donors (Lipinski definition) is 1. The number of rotatable bonds is 1. The number of anilines is 1. The number of nitrogens with one attached hydrogen (secondary N) is 1. The van der Waals surface area contributed by atoms with Gasteiger partial charge in [-0.25, -0.2) is 9.98 Å². The van der Waals surface area contributed by atoms with Crippen molar-refractivity contribution in [1.82, 2.24) is 14.5 Å². The first-order valence-electron chi connectivity index (χ1n) is 8.65. The highest BCUT2D eigenvalue weighted by atomic mass is 16.5. The van der Waals surface area contributed by atoms with E-state index < -0.39 is 0 Å². The molecule has 0 bridgehead atoms. The number of morpholine rings is 1. The van der Waals surface area contributed by atoms with Crippen LogP contribution in [0.1, 0.15) is 31.1 Å². The molecule has 0 saturated carbocycles. The molecule has 0 unspecified atom stereocenters. The minimum absolute atomic E-state index is 0.0330. The molecule has 1 aromatic rings. The molecule has 4 rings (SSSR count). The maximum Gasteiger partial charge on any atom is 0.256 e. The van der Waals surface area contributed by atoms with Crippen LogP contribution in [0.15, 0.2) is 28.0 Å². The Kier molecular flexibility index (Phi) is 4.10. The van der Waals surface area contributed by atoms with E-state index in [4.69, 9.17) is 9.73 Å². The molecule has 1 N–H and O–H groups in total. The highest BCUT2D eigenvalue weighted by Gasteiger charge is 2.32. The van der Waals surface area contributed by atoms with Gasteiger partial charge < -0.3 is 9.64 Å². The number of nitrogens with zero attached hydrogens (tertiary/aromatic N) is 4. The summed E-state index contributed by atoms with van der Waals surface area (Å²) in [6.45, 7) is 4.86. The summed E-state index contributed by atoms with van der Waals surface area (Å²) < 4.78 is 7.16. The van der Waals surface area contributed by atoms with Crippen LogP contribution in [0.2, 0.25) is 0 Å². The zero-order chi connectivity index (χ0) is 16.5. The molecule has 1 aromatic heterocycles. The molecule has 1 saturated heterocycles. The van der Waals surface area contributed by atoms with Gasteiger partial charge in [0.2, 0.25) is 11.9 Å². The van der Waals surface area contributed by atoms with Crippen molar-refractivity contribution in [2.45, 2.75) is 32.4 Å². The van der Waals surface area contributed by atoms with Crippen LogP contribution in [0.5, 0.6) is 0 Å². The van der Waals surface area contributed by atoms with E-state index in [1.54, 1.807) is 10.6 Å². The number of ether oxygens (including phenoxy) is 1. The average molecular weight is 329 g/mol. The Bertz CT molecular complexity index is 733. The highest BCUT2D eigenvalue weighted by molar-refractivity contribution is 5.93. The van der Waals surface area contributed by atoms with Crippen molar-refractivity contribution in [3.63, 3.8) is 0 Å². The maximum atomic E-state index is 12.6. The van der Waals surface area contributed by atoms with Crippen LogP contribution in [0.25, 0.3) is 0 Å². The van der Waals surface area contributed by atoms with E-state index in [1.165, 1.54) is 0 Å². The largest absolute Gasteiger partial charge is 0.378 e. The summed E-state index contributed by atoms with van der Waals surface area (Å²) in [4.78, 5) is 24.3. The van der Waals surface area contributed by atoms with Gasteiger partial charge in [0.15, 0.2) is 0 Å². The Morgan fingerprint density at radius 2 is 2.12 bits per heavy atom. The molecule has 24 heavy (non-hydrogen) atoms. The minimum atomic E-state index is -0.190. The Hall–Kier alpha value is -2.15. The molecule has 2 atom stereocenters. The summed E-state index contributed by atoms with van der Waals surface area (Å²) in [5.74, 6) is 1.75. The fourth-order valence-electron chi connectivity index (χ4n) is 3.60. The first-order chi connectivity index (χ1) is 11.7. The molecule has 2 aliphatic heterocycles. The van der Waals surface area contributed by atoms with Crippen LogP contribution in [-0.2, 0) is 4.74 Å². The molecule has 0 amide bonds. The van der Waals surface area contributed by atoms with Crippen LogP contribution >= 0.6 is 0 Å². The van der Waals surface area contributed by atoms with Crippen LogP contribution < -0.4 is 10.9 Å². The molecular weight excluding hydrogens is 306 g/mol. The van der Waals surface area contributed by atoms with Crippen LogP contribution in [-0.4, -0.2) is 46.7 Å². The van der Waals surface area contributed by atoms with Crippen molar-refractivity contribution >= 4 is 11.9 Å². The lowest BCUT2D eigenvalue weighted by Crippen LogP contribution is -2.48. The van der Waals surface area contributed by atoms with Gasteiger partial charge in [0.1, 0.15) is 6.17 Å². The molecule has 3 aliphatic rings. The molecule has 128 valence electrons. The summed E-state index contributed by atoms with van der Waals surface area (Å²) in [5.41, 5.74) is 0.693. The molecule has 3 heterocycles. The summed E-state index contributed by atoms with van der Waals surface area (Å²) in [6, 6.07) is 1.59. The van der Waals surface area contributed by atoms with Crippen molar-refractivity contribution in [2.24, 2.45) is 10.9 Å². The second-order valence-corrected chi connectivity index (χ2v) is 6.56. The molecular formula is C17H23N5O2. The van der Waals surface area contributed by atoms with Crippen LogP contribution in [0, 0.1) is 12.8 Å². The van der Waals surface area contributed by atoms with Crippen molar-refractivity contribution < 1.29 is 4.74 Å². The van der Waals surface area contributed by atoms with Crippen molar-refractivity contribution in [3.8, 4) is 0 Å². The first-order valence-corrected chi connectivity index (χ1v) is 8.65. The highest BCUT2D eigenvalue weighted by Crippen LogP contribution is 2.33. The SMILES string of the molecule is Cc1cc(=O)n2c(n1)NC(N1CCOCC1)=N[C@@H]2[C@@H]1CC=CCC1. The summed E-state index contributed by atoms with van der Waals surface area (Å²) in [5, 5.41) is 3.27. The van der Waals surface area contributed by atoms with Gasteiger partial charge in [-0.15, -0.1) is 0 Å². The van der Waals surface area contributed by atoms with Gasteiger partial charge in [0.05, 0.1) is 13.2 Å². The molecule has 7 nitrogen and oxygen atoms in total. The number of allylic oxidation sites excluding steroid dienone is 2. The Morgan fingerprint density at radius 3 is 2.88 bits per heavy atom. The van der Waals surface area contributed by atoms with Crippen LogP contribution in [0.4, 0.5) is 5.95 Å². The predicted molar refractivity (Wildman–Crippen MR) is 92.2 cm³/mol. The summed E-state index contributed by atoms with van der Waals surface area (Å²) >= 11 is 0. The molecule has 1 aliphatic carbocycles. The fourth-order valence-corrected chi connectivity index (χ4v) is 3.60. The lowest BCUT2D eigenvalue weighted by molar-refractivity contribution is 0.0672. The van der Waals surface area contributed by atoms with E-state index >= 15 is 0 Å². The zero-order valence-corrected chi connectivity index (χ0v) is 13.9. The fraction of sp³-hybridized carbons (Fsp3) is 0.588. The third kappa shape index (κ3) is 2.84. The topological polar surface area (TPSA) is 71.8 Å². The van der Waals surface area contributed by atoms with Gasteiger partial charge >= 0.3 is 0 Å². The van der Waals surface area contributed by atoms with Gasteiger partial charge in [0, 0.05) is 30.8 Å². The third-order valence-corrected chi connectivity index (χ3v) is 4.86. The van der Waals surface area contributed by atoms with Crippen molar-refractivity contribution in [3.05, 3.63) is 34.3 Å². The minimum Gasteiger partial charge on any atom is -0.378 e. The van der Waals surface area contributed by atoms with E-state index in [0.29, 0.717) is 25.1 Å². The second kappa shape index (κ2) is 6.39. The average Bonchev–Trinajstić information content (AvgIpc) is 2.62. The normalized spacial score (nSPS) is 26.5. The van der Waals surface area contributed by atoms with Crippen molar-refractivity contribution in [1.29, 1.82) is 0 Å². The van der Waals surface area contributed by atoms with Crippen molar-refractivity contribution in [2.75, 3.05) is 31.6 Å². The third-order valence-electron chi connectivity index (χ3n) is 4.86. The standard InChI is InChI=1S/C17H23N5O2/c1-12-11-14(23)22-15(13-5-3-2-4-6-13)19-16(20-17(22)18-12)21-7-9-24-10-8-21/h2-3,11,13,15H,4-10H2,1H3,(H,18,19,20)/t13-,15+/m1/s1. The molecule has 0 spiro atoms. The summed E-state index contributed by atoms with van der Waals surface area (Å²) in [7, 11) is 0. The maximum absolute atomic E-state index is 12.6. The summed E-state index contributed by atoms with van der Waals surface area (Å²) in [6.07, 6.45) is 7.25. The number of aromatic nitrogens is 2. The second-order valence-electron chi connectivity index (χ2n) is 6.56. The predicted octanol–water partition coefficient (Wildman–Crippen LogP) is 1.52. The number of aryl methyl sites for hydroxylation is 1. The number of guanidine groups is 1. The quantitative estimate of drug-likeness (QED) is 0.791. The van der Waals surface area contributed by atoms with E-state index in [1.807, 2.05) is 6.92 Å². The molecule has 0 radical (unpaired) electrons. The monoisotopic (exact) mass is 329 g/mol. The number of hydrogen-bond acceptors (Lipinski definition) is 6. The van der Waals surface area contributed by atoms with Gasteiger partial charge in [-0.3, -0.25) is 14.7 Å². The van der Waals surface area contributed by atoms with Gasteiger partial charge in [-0.1, -0.05) is 12.2 Å². The van der Waals surface area contributed by atoms with Gasteiger partial charge in [-0.2, -0.15) is 0 Å². The first kappa shape index (κ1) is 15.4. The van der Waals surface area contributed by atoms with Gasteiger partial charge in [0.25, 0.3) is 5.56 Å². The lowest BCUT2D eigenvalue weighted by Gasteiger charge is -2.37. The smallest absolute Gasteiger partial charge is 0.256 e. The Balaban J connectivity index is 1.74. The van der Waals surface area contributed by atoms with E-state index in [2.05, 4.69) is 27.4 Å². The lowest BCUT2D eigenvalue weighted by atomic mass is 9.91. The van der Waals surface area contributed by atoms with Gasteiger partial charge in [-0.05, 0) is 26.2 Å². The Morgan fingerprint density at radius 1 is 1.29 bits per heavy atom. The number of fused-ring (bicyclic) bond motifs is 1. The number of aliphatic imine (C=N–C) groups is 1. The molecule has 7 heteroatoms. The van der Waals surface area contributed by atoms with E-state index in [-0.39, 0.29) is 11.7 Å². The van der Waals surface area contributed by atoms with E-state index in [9.17, 15) is 4.79 Å². The Labute approximate surface area is 141 Å². The molecule has 1 fully saturated rings. The van der Waals surface area contributed by atoms with E-state index in [0.717, 1.165) is 44.0 Å². The molecule has 0 aromatic carbocycles. The zero-order valence-electron chi connectivity index (χ0n) is 13.9. The van der Waals surface area contributed by atoms with Crippen LogP contribution in [0.3, 0.4) is 0 Å².